The second kappa shape index (κ2) is 4.39. The first-order valence-electron chi connectivity index (χ1n) is 5.41. The fourth-order valence-corrected chi connectivity index (χ4v) is 1.96. The van der Waals surface area contributed by atoms with E-state index in [4.69, 9.17) is 9.84 Å². The predicted octanol–water partition coefficient (Wildman–Crippen LogP) is 1.99. The van der Waals surface area contributed by atoms with Gasteiger partial charge in [-0.15, -0.1) is 0 Å². The van der Waals surface area contributed by atoms with Crippen LogP contribution in [0, 0.1) is 11.7 Å². The lowest BCUT2D eigenvalue weighted by molar-refractivity contribution is -0.109. The average Bonchev–Trinajstić information content (AvgIpc) is 3.02. The molecule has 1 aliphatic carbocycles. The molecule has 0 amide bonds. The molecule has 0 aromatic heterocycles. The molecule has 0 spiro atoms. The minimum Gasteiger partial charge on any atom is -0.505 e. The molecule has 2 N–H and O–H groups in total. The highest BCUT2D eigenvalue weighted by Gasteiger charge is 2.44. The van der Waals surface area contributed by atoms with E-state index in [2.05, 4.69) is 0 Å². The van der Waals surface area contributed by atoms with E-state index in [1.54, 1.807) is 6.07 Å². The maximum Gasteiger partial charge on any atom is 0.165 e. The Morgan fingerprint density at radius 2 is 2.31 bits per heavy atom. The van der Waals surface area contributed by atoms with Crippen molar-refractivity contribution in [1.82, 2.24) is 0 Å². The Bertz CT molecular complexity index is 381. The van der Waals surface area contributed by atoms with Crippen molar-refractivity contribution in [2.75, 3.05) is 6.61 Å². The highest BCUT2D eigenvalue weighted by atomic mass is 19.1. The zero-order valence-corrected chi connectivity index (χ0v) is 9.06. The van der Waals surface area contributed by atoms with Crippen molar-refractivity contribution in [3.8, 4) is 5.75 Å². The van der Waals surface area contributed by atoms with E-state index in [1.165, 1.54) is 12.1 Å². The van der Waals surface area contributed by atoms with Gasteiger partial charge in [-0.05, 0) is 37.0 Å². The molecule has 3 atom stereocenters. The topological polar surface area (TPSA) is 49.7 Å². The molecule has 0 aliphatic heterocycles. The van der Waals surface area contributed by atoms with E-state index in [9.17, 15) is 9.50 Å². The van der Waals surface area contributed by atoms with Crippen molar-refractivity contribution in [2.45, 2.75) is 25.6 Å². The van der Waals surface area contributed by atoms with Crippen LogP contribution in [0.2, 0.25) is 0 Å². The Hall–Kier alpha value is -1.13. The first-order valence-corrected chi connectivity index (χ1v) is 5.41. The van der Waals surface area contributed by atoms with Gasteiger partial charge in [-0.1, -0.05) is 6.07 Å². The predicted molar refractivity (Wildman–Crippen MR) is 56.5 cm³/mol. The van der Waals surface area contributed by atoms with Gasteiger partial charge >= 0.3 is 0 Å². The Kier molecular flexibility index (Phi) is 3.12. The van der Waals surface area contributed by atoms with Gasteiger partial charge in [-0.3, -0.25) is 0 Å². The summed E-state index contributed by atoms with van der Waals surface area (Å²) in [5.74, 6) is -0.777. The van der Waals surface area contributed by atoms with Gasteiger partial charge in [0.15, 0.2) is 17.9 Å². The Morgan fingerprint density at radius 3 is 2.94 bits per heavy atom. The monoisotopic (exact) mass is 226 g/mol. The second-order valence-corrected chi connectivity index (χ2v) is 4.06. The maximum absolute atomic E-state index is 13.1. The number of halogens is 1. The summed E-state index contributed by atoms with van der Waals surface area (Å²) in [4.78, 5) is 0. The Morgan fingerprint density at radius 1 is 1.56 bits per heavy atom. The third-order valence-corrected chi connectivity index (χ3v) is 2.94. The zero-order chi connectivity index (χ0) is 11.7. The number of hydrogen-bond donors (Lipinski definition) is 2. The van der Waals surface area contributed by atoms with Gasteiger partial charge in [0.05, 0.1) is 0 Å². The van der Waals surface area contributed by atoms with Crippen LogP contribution in [0.3, 0.4) is 0 Å². The van der Waals surface area contributed by atoms with Crippen LogP contribution in [0.25, 0.3) is 0 Å². The van der Waals surface area contributed by atoms with Crippen LogP contribution >= 0.6 is 0 Å². The van der Waals surface area contributed by atoms with Crippen LogP contribution in [0.15, 0.2) is 18.2 Å². The van der Waals surface area contributed by atoms with E-state index in [0.29, 0.717) is 6.61 Å². The van der Waals surface area contributed by atoms with Crippen molar-refractivity contribution in [3.05, 3.63) is 29.6 Å². The second-order valence-electron chi connectivity index (χ2n) is 4.06. The summed E-state index contributed by atoms with van der Waals surface area (Å²) in [6.07, 6.45) is 0.0256. The Labute approximate surface area is 93.5 Å². The lowest BCUT2D eigenvalue weighted by Gasteiger charge is -2.09. The quantitative estimate of drug-likeness (QED) is 0.772. The number of benzene rings is 1. The first kappa shape index (κ1) is 11.4. The summed E-state index contributed by atoms with van der Waals surface area (Å²) in [5.41, 5.74) is 0.805. The zero-order valence-electron chi connectivity index (χ0n) is 9.06. The third-order valence-electron chi connectivity index (χ3n) is 2.94. The standard InChI is InChI=1S/C12H15FO3/c1-2-16-12(15)9-6-8(9)7-3-4-11(14)10(13)5-7/h3-5,8-9,12,14-15H,2,6H2,1H3. The van der Waals surface area contributed by atoms with Crippen LogP contribution in [0.1, 0.15) is 24.8 Å². The summed E-state index contributed by atoms with van der Waals surface area (Å²) in [6, 6.07) is 4.34. The van der Waals surface area contributed by atoms with Gasteiger partial charge in [0.2, 0.25) is 0 Å². The van der Waals surface area contributed by atoms with E-state index in [-0.39, 0.29) is 17.6 Å². The van der Waals surface area contributed by atoms with Gasteiger partial charge < -0.3 is 14.9 Å². The molecule has 0 radical (unpaired) electrons. The number of phenolic OH excluding ortho intramolecular Hbond substituents is 1. The molecule has 1 saturated carbocycles. The van der Waals surface area contributed by atoms with E-state index in [1.807, 2.05) is 6.92 Å². The molecular formula is C12H15FO3. The smallest absolute Gasteiger partial charge is 0.165 e. The minimum atomic E-state index is -0.771. The summed E-state index contributed by atoms with van der Waals surface area (Å²) < 4.78 is 18.2. The highest BCUT2D eigenvalue weighted by Crippen LogP contribution is 2.50. The van der Waals surface area contributed by atoms with Crippen molar-refractivity contribution in [1.29, 1.82) is 0 Å². The average molecular weight is 226 g/mol. The van der Waals surface area contributed by atoms with Crippen LogP contribution in [0.5, 0.6) is 5.75 Å². The molecule has 0 heterocycles. The lowest BCUT2D eigenvalue weighted by atomic mass is 10.1. The number of aliphatic hydroxyl groups excluding tert-OH is 1. The fraction of sp³-hybridized carbons (Fsp3) is 0.500. The molecule has 2 rings (SSSR count). The molecule has 1 aromatic carbocycles. The SMILES string of the molecule is CCOC(O)C1CC1c1ccc(O)c(F)c1. The number of aliphatic hydroxyl groups is 1. The van der Waals surface area contributed by atoms with Gasteiger partial charge in [0.25, 0.3) is 0 Å². The molecule has 16 heavy (non-hydrogen) atoms. The van der Waals surface area contributed by atoms with Crippen LogP contribution in [-0.2, 0) is 4.74 Å². The van der Waals surface area contributed by atoms with Crippen molar-refractivity contribution >= 4 is 0 Å². The summed E-state index contributed by atoms with van der Waals surface area (Å²) in [7, 11) is 0. The molecule has 4 heteroatoms. The molecule has 3 unspecified atom stereocenters. The Balaban J connectivity index is 2.03. The van der Waals surface area contributed by atoms with Gasteiger partial charge in [0, 0.05) is 12.5 Å². The summed E-state index contributed by atoms with van der Waals surface area (Å²) in [6.45, 7) is 2.29. The van der Waals surface area contributed by atoms with E-state index in [0.717, 1.165) is 12.0 Å². The normalized spacial score (nSPS) is 25.4. The molecule has 3 nitrogen and oxygen atoms in total. The first-order chi connectivity index (χ1) is 7.63. The van der Waals surface area contributed by atoms with Crippen LogP contribution in [0.4, 0.5) is 4.39 Å². The van der Waals surface area contributed by atoms with E-state index < -0.39 is 12.1 Å². The number of phenols is 1. The van der Waals surface area contributed by atoms with Crippen LogP contribution < -0.4 is 0 Å². The molecule has 0 saturated heterocycles. The number of ether oxygens (including phenoxy) is 1. The van der Waals surface area contributed by atoms with Gasteiger partial charge in [0.1, 0.15) is 0 Å². The molecule has 0 bridgehead atoms. The highest BCUT2D eigenvalue weighted by molar-refractivity contribution is 5.33. The third kappa shape index (κ3) is 2.18. The van der Waals surface area contributed by atoms with Gasteiger partial charge in [-0.25, -0.2) is 4.39 Å². The fourth-order valence-electron chi connectivity index (χ4n) is 1.96. The number of rotatable bonds is 4. The summed E-state index contributed by atoms with van der Waals surface area (Å²) in [5, 5.41) is 18.6. The van der Waals surface area contributed by atoms with Crippen molar-refractivity contribution in [2.24, 2.45) is 5.92 Å². The minimum absolute atomic E-state index is 0.0453. The van der Waals surface area contributed by atoms with E-state index >= 15 is 0 Å². The summed E-state index contributed by atoms with van der Waals surface area (Å²) >= 11 is 0. The molecular weight excluding hydrogens is 211 g/mol. The van der Waals surface area contributed by atoms with Gasteiger partial charge in [-0.2, -0.15) is 0 Å². The molecule has 1 aromatic rings. The van der Waals surface area contributed by atoms with Crippen LogP contribution in [-0.4, -0.2) is 23.1 Å². The number of aromatic hydroxyl groups is 1. The number of hydrogen-bond acceptors (Lipinski definition) is 3. The molecule has 1 fully saturated rings. The molecule has 1 aliphatic rings. The lowest BCUT2D eigenvalue weighted by Crippen LogP contribution is -2.14. The van der Waals surface area contributed by atoms with Crippen molar-refractivity contribution in [3.63, 3.8) is 0 Å². The molecule has 88 valence electrons. The van der Waals surface area contributed by atoms with Crippen molar-refractivity contribution < 1.29 is 19.3 Å². The largest absolute Gasteiger partial charge is 0.505 e. The maximum atomic E-state index is 13.1.